The summed E-state index contributed by atoms with van der Waals surface area (Å²) in [5.41, 5.74) is 3.59. The second kappa shape index (κ2) is 6.01. The van der Waals surface area contributed by atoms with Crippen LogP contribution < -0.4 is 10.2 Å². The van der Waals surface area contributed by atoms with Crippen molar-refractivity contribution in [3.8, 4) is 0 Å². The number of hydrogen-bond donors (Lipinski definition) is 1. The third kappa shape index (κ3) is 2.80. The van der Waals surface area contributed by atoms with E-state index in [0.29, 0.717) is 0 Å². The highest BCUT2D eigenvalue weighted by Gasteiger charge is 2.21. The fraction of sp³-hybridized carbons (Fsp3) is 0.111. The number of hydrogen-bond acceptors (Lipinski definition) is 4. The molecule has 5 heteroatoms. The fourth-order valence-electron chi connectivity index (χ4n) is 2.84. The molecule has 1 N–H and O–H groups in total. The van der Waals surface area contributed by atoms with Gasteiger partial charge >= 0.3 is 0 Å². The maximum absolute atomic E-state index is 4.45. The Hall–Kier alpha value is -2.40. The predicted octanol–water partition coefficient (Wildman–Crippen LogP) is 4.68. The van der Waals surface area contributed by atoms with Gasteiger partial charge in [-0.05, 0) is 46.1 Å². The van der Waals surface area contributed by atoms with Crippen LogP contribution in [0.15, 0.2) is 65.4 Å². The van der Waals surface area contributed by atoms with E-state index in [2.05, 4.69) is 60.4 Å². The molecule has 0 saturated heterocycles. The molecule has 1 aromatic heterocycles. The minimum atomic E-state index is 0.784. The third-order valence-electron chi connectivity index (χ3n) is 3.95. The van der Waals surface area contributed by atoms with Crippen LogP contribution in [-0.4, -0.2) is 16.5 Å². The second-order valence-corrected chi connectivity index (χ2v) is 6.25. The number of para-hydroxylation sites is 2. The first-order valence-electron chi connectivity index (χ1n) is 7.50. The summed E-state index contributed by atoms with van der Waals surface area (Å²) in [6, 6.07) is 18.5. The number of halogens is 1. The summed E-state index contributed by atoms with van der Waals surface area (Å²) in [5, 5.41) is 3.34. The molecular weight excluding hydrogens is 352 g/mol. The molecule has 114 valence electrons. The molecule has 0 bridgehead atoms. The van der Waals surface area contributed by atoms with Crippen molar-refractivity contribution in [3.63, 3.8) is 0 Å². The smallest absolute Gasteiger partial charge is 0.138 e. The number of nitrogens with one attached hydrogen (secondary N) is 1. The lowest BCUT2D eigenvalue weighted by Gasteiger charge is -2.19. The van der Waals surface area contributed by atoms with Crippen molar-refractivity contribution in [2.75, 3.05) is 16.8 Å². The Labute approximate surface area is 143 Å². The van der Waals surface area contributed by atoms with Crippen LogP contribution >= 0.6 is 15.9 Å². The van der Waals surface area contributed by atoms with Gasteiger partial charge in [0.25, 0.3) is 0 Å². The Bertz CT molecular complexity index is 850. The van der Waals surface area contributed by atoms with Gasteiger partial charge in [-0.1, -0.05) is 30.3 Å². The van der Waals surface area contributed by atoms with Gasteiger partial charge in [0.05, 0.1) is 5.69 Å². The van der Waals surface area contributed by atoms with Gasteiger partial charge in [0, 0.05) is 22.8 Å². The number of rotatable bonds is 3. The Morgan fingerprint density at radius 1 is 1.00 bits per heavy atom. The van der Waals surface area contributed by atoms with Crippen LogP contribution in [0.25, 0.3) is 0 Å². The first-order valence-corrected chi connectivity index (χ1v) is 8.29. The molecule has 0 spiro atoms. The molecule has 2 aromatic carbocycles. The quantitative estimate of drug-likeness (QED) is 0.730. The van der Waals surface area contributed by atoms with Crippen LogP contribution in [-0.2, 0) is 6.42 Å². The second-order valence-electron chi connectivity index (χ2n) is 5.40. The normalized spacial score (nSPS) is 13.0. The highest BCUT2D eigenvalue weighted by atomic mass is 79.9. The molecule has 1 aliphatic rings. The molecule has 3 aromatic rings. The zero-order chi connectivity index (χ0) is 15.6. The van der Waals surface area contributed by atoms with Crippen molar-refractivity contribution in [2.45, 2.75) is 6.42 Å². The van der Waals surface area contributed by atoms with Crippen LogP contribution in [0.5, 0.6) is 0 Å². The van der Waals surface area contributed by atoms with Gasteiger partial charge < -0.3 is 10.2 Å². The summed E-state index contributed by atoms with van der Waals surface area (Å²) >= 11 is 3.54. The van der Waals surface area contributed by atoms with Crippen molar-refractivity contribution in [1.82, 2.24) is 9.97 Å². The Morgan fingerprint density at radius 3 is 2.74 bits per heavy atom. The van der Waals surface area contributed by atoms with Crippen LogP contribution in [0.4, 0.5) is 23.0 Å². The Balaban J connectivity index is 1.64. The molecule has 2 heterocycles. The van der Waals surface area contributed by atoms with E-state index in [1.54, 1.807) is 6.33 Å². The first-order chi connectivity index (χ1) is 11.3. The van der Waals surface area contributed by atoms with Crippen molar-refractivity contribution in [3.05, 3.63) is 71.0 Å². The molecule has 0 radical (unpaired) electrons. The van der Waals surface area contributed by atoms with Crippen LogP contribution in [0.2, 0.25) is 0 Å². The van der Waals surface area contributed by atoms with Crippen LogP contribution in [0.1, 0.15) is 5.56 Å². The van der Waals surface area contributed by atoms with Crippen molar-refractivity contribution in [2.24, 2.45) is 0 Å². The highest BCUT2D eigenvalue weighted by Crippen LogP contribution is 2.34. The molecule has 1 aliphatic heterocycles. The van der Waals surface area contributed by atoms with Gasteiger partial charge in [0.2, 0.25) is 0 Å². The average molecular weight is 367 g/mol. The lowest BCUT2D eigenvalue weighted by molar-refractivity contribution is 0.965. The van der Waals surface area contributed by atoms with Gasteiger partial charge in [-0.2, -0.15) is 0 Å². The monoisotopic (exact) mass is 366 g/mol. The Kier molecular flexibility index (Phi) is 3.71. The highest BCUT2D eigenvalue weighted by molar-refractivity contribution is 9.10. The van der Waals surface area contributed by atoms with E-state index in [1.807, 2.05) is 30.3 Å². The third-order valence-corrected chi connectivity index (χ3v) is 4.64. The molecule has 0 amide bonds. The van der Waals surface area contributed by atoms with Gasteiger partial charge in [-0.25, -0.2) is 9.97 Å². The lowest BCUT2D eigenvalue weighted by atomic mass is 10.2. The summed E-state index contributed by atoms with van der Waals surface area (Å²) in [6.45, 7) is 0.949. The Morgan fingerprint density at radius 2 is 1.83 bits per heavy atom. The summed E-state index contributed by atoms with van der Waals surface area (Å²) in [5.74, 6) is 1.70. The summed E-state index contributed by atoms with van der Waals surface area (Å²) < 4.78 is 1.01. The van der Waals surface area contributed by atoms with E-state index >= 15 is 0 Å². The molecule has 0 unspecified atom stereocenters. The average Bonchev–Trinajstić information content (AvgIpc) is 3.01. The summed E-state index contributed by atoms with van der Waals surface area (Å²) in [7, 11) is 0. The molecule has 0 fully saturated rings. The molecule has 0 saturated carbocycles. The van der Waals surface area contributed by atoms with Gasteiger partial charge in [0.1, 0.15) is 18.0 Å². The van der Waals surface area contributed by atoms with E-state index in [0.717, 1.165) is 34.8 Å². The van der Waals surface area contributed by atoms with Crippen LogP contribution in [0.3, 0.4) is 0 Å². The maximum Gasteiger partial charge on any atom is 0.138 e. The molecule has 4 rings (SSSR count). The number of benzene rings is 2. The molecule has 4 nitrogen and oxygen atoms in total. The number of nitrogens with zero attached hydrogens (tertiary/aromatic N) is 3. The van der Waals surface area contributed by atoms with E-state index < -0.39 is 0 Å². The fourth-order valence-corrected chi connectivity index (χ4v) is 3.22. The molecule has 0 atom stereocenters. The largest absolute Gasteiger partial charge is 0.339 e. The van der Waals surface area contributed by atoms with Gasteiger partial charge in [0.15, 0.2) is 0 Å². The molecule has 23 heavy (non-hydrogen) atoms. The number of anilines is 4. The maximum atomic E-state index is 4.45. The topological polar surface area (TPSA) is 41.0 Å². The molecular formula is C18H15BrN4. The number of fused-ring (bicyclic) bond motifs is 1. The standard InChI is InChI=1S/C18H15BrN4/c19-14-6-2-3-7-15(14)22-17-11-18(21-12-20-17)23-10-9-13-5-1-4-8-16(13)23/h1-8,11-12H,9-10H2,(H,20,21,22). The first kappa shape index (κ1) is 14.2. The molecule has 0 aliphatic carbocycles. The number of aromatic nitrogens is 2. The van der Waals surface area contributed by atoms with E-state index in [-0.39, 0.29) is 0 Å². The van der Waals surface area contributed by atoms with Gasteiger partial charge in [-0.3, -0.25) is 0 Å². The minimum Gasteiger partial charge on any atom is -0.339 e. The van der Waals surface area contributed by atoms with E-state index in [4.69, 9.17) is 0 Å². The van der Waals surface area contributed by atoms with Crippen molar-refractivity contribution < 1.29 is 0 Å². The minimum absolute atomic E-state index is 0.784. The summed E-state index contributed by atoms with van der Waals surface area (Å²) in [4.78, 5) is 11.0. The zero-order valence-corrected chi connectivity index (χ0v) is 14.0. The SMILES string of the molecule is Brc1ccccc1Nc1cc(N2CCc3ccccc32)ncn1. The van der Waals surface area contributed by atoms with E-state index in [9.17, 15) is 0 Å². The van der Waals surface area contributed by atoms with Crippen LogP contribution in [0, 0.1) is 0 Å². The van der Waals surface area contributed by atoms with Gasteiger partial charge in [-0.15, -0.1) is 0 Å². The van der Waals surface area contributed by atoms with Crippen molar-refractivity contribution >= 4 is 38.9 Å². The van der Waals surface area contributed by atoms with E-state index in [1.165, 1.54) is 11.3 Å². The zero-order valence-electron chi connectivity index (χ0n) is 12.4. The lowest BCUT2D eigenvalue weighted by Crippen LogP contribution is -2.15. The summed E-state index contributed by atoms with van der Waals surface area (Å²) in [6.07, 6.45) is 2.66. The van der Waals surface area contributed by atoms with Crippen molar-refractivity contribution in [1.29, 1.82) is 0 Å². The predicted molar refractivity (Wildman–Crippen MR) is 96.6 cm³/mol.